The van der Waals surface area contributed by atoms with Gasteiger partial charge in [-0.3, -0.25) is 0 Å². The average Bonchev–Trinajstić information content (AvgIpc) is 3.29. The number of aliphatic hydroxyl groups is 2. The summed E-state index contributed by atoms with van der Waals surface area (Å²) in [6.07, 6.45) is -4.10. The second-order valence-corrected chi connectivity index (χ2v) is 9.34. The molecule has 0 bridgehead atoms. The lowest BCUT2D eigenvalue weighted by molar-refractivity contribution is -0.0658. The van der Waals surface area contributed by atoms with E-state index < -0.39 is 36.3 Å². The number of aromatic nitrogens is 1. The first-order valence-corrected chi connectivity index (χ1v) is 13.0. The number of nitrogens with one attached hydrogen (secondary N) is 1. The van der Waals surface area contributed by atoms with Crippen LogP contribution in [0.25, 0.3) is 11.3 Å². The molecule has 2 aromatic carbocycles. The van der Waals surface area contributed by atoms with Gasteiger partial charge in [-0.25, -0.2) is 17.6 Å². The van der Waals surface area contributed by atoms with Gasteiger partial charge in [-0.2, -0.15) is 0 Å². The number of ether oxygens (including phenoxy) is 1. The summed E-state index contributed by atoms with van der Waals surface area (Å²) in [6, 6.07) is 12.9. The number of hydrogen-bond donors (Lipinski definition) is 3. The van der Waals surface area contributed by atoms with E-state index in [0.29, 0.717) is 36.5 Å². The van der Waals surface area contributed by atoms with Crippen LogP contribution in [0.2, 0.25) is 0 Å². The van der Waals surface area contributed by atoms with Gasteiger partial charge in [0.05, 0.1) is 36.3 Å². The third kappa shape index (κ3) is 6.79. The predicted molar refractivity (Wildman–Crippen MR) is 151 cm³/mol. The van der Waals surface area contributed by atoms with E-state index in [9.17, 15) is 27.8 Å². The van der Waals surface area contributed by atoms with Gasteiger partial charge in [-0.05, 0) is 30.5 Å². The van der Waals surface area contributed by atoms with Gasteiger partial charge in [0.25, 0.3) is 6.43 Å². The number of aliphatic hydroxyl groups excluding tert-OH is 2. The molecule has 0 spiro atoms. The standard InChI is InChI=1S/C27H31F4N3O3.C2H6.CH4/c1-33-21(18-11-20(29)24(37-2)12-19(18)28)13-22(23(33)15-35)34-10-6-9-27(16-34,25(36)26(30)31)32-14-17-7-4-3-5-8-17;1-2;/h3-5,7-8,11-13,25-26,32,35-36H,6,9-10,14-16H2,1-2H3;1-2H3;1H4. The third-order valence-electron chi connectivity index (χ3n) is 7.16. The maximum atomic E-state index is 14.9. The van der Waals surface area contributed by atoms with Crippen molar-refractivity contribution in [2.45, 2.75) is 65.3 Å². The number of nitrogens with zero attached hydrogens (tertiary/aromatic N) is 2. The van der Waals surface area contributed by atoms with E-state index in [4.69, 9.17) is 4.74 Å². The zero-order valence-electron chi connectivity index (χ0n) is 22.7. The molecular formula is C30H41F4N3O3. The maximum absolute atomic E-state index is 14.9. The number of alkyl halides is 2. The Balaban J connectivity index is 0.00000183. The zero-order chi connectivity index (χ0) is 28.7. The molecule has 1 aliphatic heterocycles. The van der Waals surface area contributed by atoms with Crippen LogP contribution in [0.5, 0.6) is 5.75 Å². The second-order valence-electron chi connectivity index (χ2n) is 9.34. The monoisotopic (exact) mass is 567 g/mol. The minimum atomic E-state index is -2.97. The Hall–Kier alpha value is -3.08. The molecule has 3 aromatic rings. The number of anilines is 1. The molecule has 0 aliphatic carbocycles. The van der Waals surface area contributed by atoms with Gasteiger partial charge in [0, 0.05) is 38.3 Å². The van der Waals surface area contributed by atoms with Crippen molar-refractivity contribution in [2.24, 2.45) is 7.05 Å². The van der Waals surface area contributed by atoms with Gasteiger partial charge in [0.15, 0.2) is 11.6 Å². The van der Waals surface area contributed by atoms with E-state index in [0.717, 1.165) is 17.7 Å². The fourth-order valence-electron chi connectivity index (χ4n) is 5.12. The number of piperidine rings is 1. The molecule has 6 nitrogen and oxygen atoms in total. The lowest BCUT2D eigenvalue weighted by atomic mass is 9.83. The third-order valence-corrected chi connectivity index (χ3v) is 7.16. The number of hydrogen-bond acceptors (Lipinski definition) is 5. The van der Waals surface area contributed by atoms with Crippen LogP contribution in [0.4, 0.5) is 23.2 Å². The topological polar surface area (TPSA) is 69.9 Å². The summed E-state index contributed by atoms with van der Waals surface area (Å²) in [5.74, 6) is -1.68. The minimum Gasteiger partial charge on any atom is -0.494 e. The van der Waals surface area contributed by atoms with E-state index in [1.54, 1.807) is 22.6 Å². The molecule has 2 unspecified atom stereocenters. The summed E-state index contributed by atoms with van der Waals surface area (Å²) < 4.78 is 63.4. The predicted octanol–water partition coefficient (Wildman–Crippen LogP) is 5.89. The fourth-order valence-corrected chi connectivity index (χ4v) is 5.12. The first-order valence-electron chi connectivity index (χ1n) is 13.0. The summed E-state index contributed by atoms with van der Waals surface area (Å²) in [7, 11) is 2.86. The maximum Gasteiger partial charge on any atom is 0.265 e. The smallest absolute Gasteiger partial charge is 0.265 e. The molecule has 2 heterocycles. The SMILES string of the molecule is C.CC.COc1cc(F)c(-c2cc(N3CCCC(NCc4ccccc4)(C(O)C(F)F)C3)c(CO)n2C)cc1F. The van der Waals surface area contributed by atoms with Crippen molar-refractivity contribution in [3.8, 4) is 17.0 Å². The average molecular weight is 568 g/mol. The van der Waals surface area contributed by atoms with E-state index in [1.165, 1.54) is 7.11 Å². The first kappa shape index (κ1) is 33.1. The highest BCUT2D eigenvalue weighted by Crippen LogP contribution is 2.38. The summed E-state index contributed by atoms with van der Waals surface area (Å²) in [6.45, 7) is 4.37. The van der Waals surface area contributed by atoms with Gasteiger partial charge in [-0.1, -0.05) is 51.6 Å². The van der Waals surface area contributed by atoms with Crippen molar-refractivity contribution in [3.05, 3.63) is 71.4 Å². The first-order chi connectivity index (χ1) is 18.7. The molecule has 40 heavy (non-hydrogen) atoms. The molecule has 0 radical (unpaired) electrons. The van der Waals surface area contributed by atoms with Crippen LogP contribution >= 0.6 is 0 Å². The van der Waals surface area contributed by atoms with Gasteiger partial charge in [0.2, 0.25) is 0 Å². The Labute approximate surface area is 234 Å². The largest absolute Gasteiger partial charge is 0.494 e. The van der Waals surface area contributed by atoms with Crippen LogP contribution < -0.4 is 15.0 Å². The molecule has 1 saturated heterocycles. The normalized spacial score (nSPS) is 17.6. The van der Waals surface area contributed by atoms with E-state index >= 15 is 0 Å². The van der Waals surface area contributed by atoms with Gasteiger partial charge < -0.3 is 29.7 Å². The number of benzene rings is 2. The summed E-state index contributed by atoms with van der Waals surface area (Å²) in [5.41, 5.74) is 0.748. The molecule has 0 amide bonds. The molecule has 1 aromatic heterocycles. The van der Waals surface area contributed by atoms with Gasteiger partial charge in [-0.15, -0.1) is 0 Å². The van der Waals surface area contributed by atoms with Crippen molar-refractivity contribution < 1.29 is 32.5 Å². The minimum absolute atomic E-state index is 0. The quantitative estimate of drug-likeness (QED) is 0.282. The molecule has 2 atom stereocenters. The number of methoxy groups -OCH3 is 1. The van der Waals surface area contributed by atoms with Gasteiger partial charge >= 0.3 is 0 Å². The Bertz CT molecular complexity index is 1220. The van der Waals surface area contributed by atoms with E-state index in [1.807, 2.05) is 44.2 Å². The van der Waals surface area contributed by atoms with Gasteiger partial charge in [0.1, 0.15) is 11.9 Å². The van der Waals surface area contributed by atoms with Crippen molar-refractivity contribution in [1.82, 2.24) is 9.88 Å². The Morgan fingerprint density at radius 2 is 1.75 bits per heavy atom. The number of rotatable bonds is 9. The lowest BCUT2D eigenvalue weighted by Gasteiger charge is -2.47. The fraction of sp³-hybridized carbons (Fsp3) is 0.467. The second kappa shape index (κ2) is 14.5. The van der Waals surface area contributed by atoms with Crippen LogP contribution in [0.3, 0.4) is 0 Å². The van der Waals surface area contributed by atoms with E-state index in [-0.39, 0.29) is 31.8 Å². The molecule has 1 aliphatic rings. The lowest BCUT2D eigenvalue weighted by Crippen LogP contribution is -2.65. The zero-order valence-corrected chi connectivity index (χ0v) is 22.7. The summed E-state index contributed by atoms with van der Waals surface area (Å²) in [5, 5.41) is 24.0. The van der Waals surface area contributed by atoms with Crippen molar-refractivity contribution >= 4 is 5.69 Å². The van der Waals surface area contributed by atoms with Crippen molar-refractivity contribution in [3.63, 3.8) is 0 Å². The Morgan fingerprint density at radius 1 is 1.07 bits per heavy atom. The summed E-state index contributed by atoms with van der Waals surface area (Å²) >= 11 is 0. The Morgan fingerprint density at radius 3 is 2.35 bits per heavy atom. The molecule has 10 heteroatoms. The van der Waals surface area contributed by atoms with Crippen molar-refractivity contribution in [2.75, 3.05) is 25.1 Å². The molecule has 222 valence electrons. The summed E-state index contributed by atoms with van der Waals surface area (Å²) in [4.78, 5) is 1.81. The van der Waals surface area contributed by atoms with Crippen LogP contribution in [-0.4, -0.2) is 53.0 Å². The van der Waals surface area contributed by atoms with Crippen LogP contribution in [0.1, 0.15) is 45.4 Å². The van der Waals surface area contributed by atoms with E-state index in [2.05, 4.69) is 5.32 Å². The molecule has 1 fully saturated rings. The van der Waals surface area contributed by atoms with Crippen LogP contribution in [-0.2, 0) is 20.2 Å². The van der Waals surface area contributed by atoms with Crippen LogP contribution in [0, 0.1) is 11.6 Å². The highest BCUT2D eigenvalue weighted by Gasteiger charge is 2.46. The highest BCUT2D eigenvalue weighted by molar-refractivity contribution is 5.71. The number of halogens is 4. The molecule has 4 rings (SSSR count). The molecular weight excluding hydrogens is 526 g/mol. The Kier molecular flexibility index (Phi) is 12.0. The van der Waals surface area contributed by atoms with Crippen molar-refractivity contribution in [1.29, 1.82) is 0 Å². The molecule has 0 saturated carbocycles. The van der Waals surface area contributed by atoms with Crippen LogP contribution in [0.15, 0.2) is 48.5 Å². The highest BCUT2D eigenvalue weighted by atomic mass is 19.3. The molecule has 3 N–H and O–H groups in total.